The second kappa shape index (κ2) is 7.15. The van der Waals surface area contributed by atoms with Gasteiger partial charge in [-0.15, -0.1) is 0 Å². The summed E-state index contributed by atoms with van der Waals surface area (Å²) in [7, 11) is 1.72. The molecule has 5 rings (SSSR count). The van der Waals surface area contributed by atoms with Crippen LogP contribution in [0, 0.1) is 0 Å². The Morgan fingerprint density at radius 2 is 1.86 bits per heavy atom. The molecule has 1 aromatic heterocycles. The molecule has 0 unspecified atom stereocenters. The van der Waals surface area contributed by atoms with Crippen LogP contribution in [0.3, 0.4) is 0 Å². The van der Waals surface area contributed by atoms with Crippen LogP contribution in [0.5, 0.6) is 5.75 Å². The highest BCUT2D eigenvalue weighted by atomic mass is 16.5. The Bertz CT molecular complexity index is 985. The highest BCUT2D eigenvalue weighted by molar-refractivity contribution is 5.56. The zero-order valence-electron chi connectivity index (χ0n) is 16.1. The highest BCUT2D eigenvalue weighted by Crippen LogP contribution is 2.40. The molecule has 0 amide bonds. The van der Waals surface area contributed by atoms with Gasteiger partial charge in [-0.2, -0.15) is 4.98 Å². The average Bonchev–Trinajstić information content (AvgIpc) is 3.59. The largest absolute Gasteiger partial charge is 0.497 e. The third-order valence-electron chi connectivity index (χ3n) is 5.51. The molecule has 28 heavy (non-hydrogen) atoms. The van der Waals surface area contributed by atoms with Crippen molar-refractivity contribution < 1.29 is 4.74 Å². The monoisotopic (exact) mass is 372 g/mol. The molecule has 5 heteroatoms. The van der Waals surface area contributed by atoms with Crippen molar-refractivity contribution in [2.24, 2.45) is 0 Å². The van der Waals surface area contributed by atoms with Gasteiger partial charge < -0.3 is 15.0 Å². The first-order valence-electron chi connectivity index (χ1n) is 9.90. The molecule has 2 aliphatic rings. The second-order valence-corrected chi connectivity index (χ2v) is 7.55. The maximum atomic E-state index is 5.37. The number of ether oxygens (including phenoxy) is 1. The molecule has 1 aliphatic carbocycles. The number of fused-ring (bicyclic) bond motifs is 1. The number of hydrogen-bond acceptors (Lipinski definition) is 5. The maximum absolute atomic E-state index is 5.37. The van der Waals surface area contributed by atoms with Crippen molar-refractivity contribution >= 4 is 17.5 Å². The van der Waals surface area contributed by atoms with Crippen LogP contribution in [0.15, 0.2) is 54.6 Å². The van der Waals surface area contributed by atoms with Crippen LogP contribution in [0.1, 0.15) is 35.6 Å². The third-order valence-corrected chi connectivity index (χ3v) is 5.51. The lowest BCUT2D eigenvalue weighted by molar-refractivity contribution is 0.413. The van der Waals surface area contributed by atoms with E-state index in [4.69, 9.17) is 14.7 Å². The van der Waals surface area contributed by atoms with E-state index in [1.165, 1.54) is 24.0 Å². The van der Waals surface area contributed by atoms with Gasteiger partial charge in [0.1, 0.15) is 11.6 Å². The Kier molecular flexibility index (Phi) is 4.35. The molecule has 0 radical (unpaired) electrons. The van der Waals surface area contributed by atoms with E-state index in [-0.39, 0.29) is 0 Å². The zero-order valence-corrected chi connectivity index (χ0v) is 16.1. The van der Waals surface area contributed by atoms with Gasteiger partial charge in [0.2, 0.25) is 5.95 Å². The summed E-state index contributed by atoms with van der Waals surface area (Å²) in [5.74, 6) is 3.21. The third kappa shape index (κ3) is 3.52. The van der Waals surface area contributed by atoms with E-state index in [0.29, 0.717) is 11.9 Å². The first-order chi connectivity index (χ1) is 13.8. The van der Waals surface area contributed by atoms with E-state index in [9.17, 15) is 0 Å². The Labute approximate surface area is 165 Å². The molecule has 1 aliphatic heterocycles. The fourth-order valence-corrected chi connectivity index (χ4v) is 3.76. The fourth-order valence-electron chi connectivity index (χ4n) is 3.76. The normalized spacial score (nSPS) is 15.8. The Morgan fingerprint density at radius 3 is 2.64 bits per heavy atom. The lowest BCUT2D eigenvalue weighted by Crippen LogP contribution is -2.31. The molecule has 1 fully saturated rings. The number of nitrogens with zero attached hydrogens (tertiary/aromatic N) is 3. The standard InChI is InChI=1S/C23H24N4O/c1-28-20-10-9-18-15-27(12-11-17(18)13-20)22-14-21(16-7-8-16)25-23(26-22)24-19-5-3-2-4-6-19/h2-6,9-10,13-14,16H,7-8,11-12,15H2,1H3,(H,24,25,26). The van der Waals surface area contributed by atoms with Crippen molar-refractivity contribution in [1.29, 1.82) is 0 Å². The molecule has 2 heterocycles. The molecule has 2 aromatic carbocycles. The van der Waals surface area contributed by atoms with E-state index >= 15 is 0 Å². The second-order valence-electron chi connectivity index (χ2n) is 7.55. The SMILES string of the molecule is COc1ccc2c(c1)CCN(c1cc(C3CC3)nc(Nc3ccccc3)n1)C2. The molecule has 0 atom stereocenters. The van der Waals surface area contributed by atoms with Crippen LogP contribution in [-0.4, -0.2) is 23.6 Å². The summed E-state index contributed by atoms with van der Waals surface area (Å²) >= 11 is 0. The van der Waals surface area contributed by atoms with Crippen LogP contribution in [-0.2, 0) is 13.0 Å². The molecule has 142 valence electrons. The minimum Gasteiger partial charge on any atom is -0.497 e. The van der Waals surface area contributed by atoms with Crippen LogP contribution in [0.25, 0.3) is 0 Å². The summed E-state index contributed by atoms with van der Waals surface area (Å²) in [4.78, 5) is 12.0. The van der Waals surface area contributed by atoms with E-state index in [1.807, 2.05) is 36.4 Å². The van der Waals surface area contributed by atoms with Gasteiger partial charge in [0.15, 0.2) is 0 Å². The molecule has 3 aromatic rings. The quantitative estimate of drug-likeness (QED) is 0.705. The number of benzene rings is 2. The number of nitrogens with one attached hydrogen (secondary N) is 1. The van der Waals surface area contributed by atoms with Gasteiger partial charge in [0.25, 0.3) is 0 Å². The molecule has 1 saturated carbocycles. The Morgan fingerprint density at radius 1 is 1.00 bits per heavy atom. The van der Waals surface area contributed by atoms with Gasteiger partial charge in [-0.3, -0.25) is 0 Å². The van der Waals surface area contributed by atoms with E-state index < -0.39 is 0 Å². The topological polar surface area (TPSA) is 50.3 Å². The van der Waals surface area contributed by atoms with Crippen molar-refractivity contribution in [3.05, 3.63) is 71.4 Å². The minimum atomic E-state index is 0.583. The lowest BCUT2D eigenvalue weighted by Gasteiger charge is -2.30. The van der Waals surface area contributed by atoms with Gasteiger partial charge in [-0.05, 0) is 54.7 Å². The molecule has 0 saturated heterocycles. The fraction of sp³-hybridized carbons (Fsp3) is 0.304. The van der Waals surface area contributed by atoms with E-state index in [0.717, 1.165) is 42.5 Å². The molecule has 0 bridgehead atoms. The maximum Gasteiger partial charge on any atom is 0.229 e. The summed E-state index contributed by atoms with van der Waals surface area (Å²) < 4.78 is 5.37. The summed E-state index contributed by atoms with van der Waals surface area (Å²) in [5, 5.41) is 3.38. The average molecular weight is 372 g/mol. The van der Waals surface area contributed by atoms with Gasteiger partial charge in [-0.25, -0.2) is 4.98 Å². The summed E-state index contributed by atoms with van der Waals surface area (Å²) in [5.41, 5.74) is 4.88. The Hall–Kier alpha value is -3.08. The van der Waals surface area contributed by atoms with Crippen LogP contribution in [0.2, 0.25) is 0 Å². The van der Waals surface area contributed by atoms with Crippen molar-refractivity contribution in [3.63, 3.8) is 0 Å². The van der Waals surface area contributed by atoms with Gasteiger partial charge in [-0.1, -0.05) is 24.3 Å². The summed E-state index contributed by atoms with van der Waals surface area (Å²) in [6.07, 6.45) is 3.45. The molecular formula is C23H24N4O. The number of anilines is 3. The number of para-hydroxylation sites is 1. The number of aromatic nitrogens is 2. The summed E-state index contributed by atoms with van der Waals surface area (Å²) in [6, 6.07) is 18.7. The predicted molar refractivity (Wildman–Crippen MR) is 111 cm³/mol. The number of hydrogen-bond donors (Lipinski definition) is 1. The lowest BCUT2D eigenvalue weighted by atomic mass is 9.99. The minimum absolute atomic E-state index is 0.583. The van der Waals surface area contributed by atoms with Gasteiger partial charge in [0.05, 0.1) is 12.8 Å². The van der Waals surface area contributed by atoms with Crippen LogP contribution < -0.4 is 15.0 Å². The molecular weight excluding hydrogens is 348 g/mol. The zero-order chi connectivity index (χ0) is 18.9. The number of methoxy groups -OCH3 is 1. The van der Waals surface area contributed by atoms with Crippen molar-refractivity contribution in [2.75, 3.05) is 23.9 Å². The van der Waals surface area contributed by atoms with E-state index in [1.54, 1.807) is 7.11 Å². The van der Waals surface area contributed by atoms with Gasteiger partial charge >= 0.3 is 0 Å². The van der Waals surface area contributed by atoms with Crippen molar-refractivity contribution in [3.8, 4) is 5.75 Å². The van der Waals surface area contributed by atoms with Crippen LogP contribution in [0.4, 0.5) is 17.5 Å². The van der Waals surface area contributed by atoms with Crippen molar-refractivity contribution in [2.45, 2.75) is 31.7 Å². The van der Waals surface area contributed by atoms with Crippen molar-refractivity contribution in [1.82, 2.24) is 9.97 Å². The molecule has 0 spiro atoms. The number of rotatable bonds is 5. The first kappa shape index (κ1) is 17.0. The predicted octanol–water partition coefficient (Wildman–Crippen LogP) is 4.67. The highest BCUT2D eigenvalue weighted by Gasteiger charge is 2.27. The van der Waals surface area contributed by atoms with Gasteiger partial charge in [0, 0.05) is 30.8 Å². The summed E-state index contributed by atoms with van der Waals surface area (Å²) in [6.45, 7) is 1.82. The smallest absolute Gasteiger partial charge is 0.229 e. The Balaban J connectivity index is 1.44. The molecule has 1 N–H and O–H groups in total. The first-order valence-corrected chi connectivity index (χ1v) is 9.90. The van der Waals surface area contributed by atoms with Crippen LogP contribution >= 0.6 is 0 Å². The van der Waals surface area contributed by atoms with E-state index in [2.05, 4.69) is 28.4 Å². The molecule has 5 nitrogen and oxygen atoms in total.